The lowest BCUT2D eigenvalue weighted by atomic mass is 10.0. The highest BCUT2D eigenvalue weighted by atomic mass is 16.5. The maximum Gasteiger partial charge on any atom is 0.116 e. The Hall–Kier alpha value is -0.0800. The van der Waals surface area contributed by atoms with Gasteiger partial charge < -0.3 is 4.74 Å². The lowest BCUT2D eigenvalue weighted by molar-refractivity contribution is -0.0926. The molecule has 0 spiro atoms. The Labute approximate surface area is 69.3 Å². The van der Waals surface area contributed by atoms with Crippen LogP contribution in [0, 0.1) is 0 Å². The van der Waals surface area contributed by atoms with Gasteiger partial charge in [-0.15, -0.1) is 0 Å². The molecule has 1 unspecified atom stereocenters. The van der Waals surface area contributed by atoms with Gasteiger partial charge in [-0.25, -0.2) is 0 Å². The fourth-order valence-corrected chi connectivity index (χ4v) is 1.66. The van der Waals surface area contributed by atoms with Crippen LogP contribution in [0.1, 0.15) is 40.0 Å². The number of hydrogen-bond donors (Lipinski definition) is 1. The normalized spacial score (nSPS) is 32.7. The lowest BCUT2D eigenvalue weighted by Crippen LogP contribution is -2.50. The van der Waals surface area contributed by atoms with Crippen molar-refractivity contribution in [3.8, 4) is 0 Å². The Kier molecular flexibility index (Phi) is 2.90. The van der Waals surface area contributed by atoms with Gasteiger partial charge in [-0.05, 0) is 40.0 Å². The molecule has 1 aliphatic heterocycles. The van der Waals surface area contributed by atoms with Gasteiger partial charge in [0.25, 0.3) is 0 Å². The van der Waals surface area contributed by atoms with Gasteiger partial charge in [0, 0.05) is 12.6 Å². The molecule has 0 bridgehead atoms. The van der Waals surface area contributed by atoms with Gasteiger partial charge in [-0.2, -0.15) is 0 Å². The van der Waals surface area contributed by atoms with Crippen molar-refractivity contribution in [2.45, 2.75) is 51.8 Å². The molecule has 0 saturated carbocycles. The van der Waals surface area contributed by atoms with Crippen molar-refractivity contribution in [3.63, 3.8) is 0 Å². The second kappa shape index (κ2) is 3.55. The Morgan fingerprint density at radius 1 is 1.36 bits per heavy atom. The van der Waals surface area contributed by atoms with Gasteiger partial charge in [0.15, 0.2) is 0 Å². The van der Waals surface area contributed by atoms with Crippen LogP contribution in [0.25, 0.3) is 0 Å². The number of nitrogens with one attached hydrogen (secondary N) is 1. The molecule has 0 amide bonds. The van der Waals surface area contributed by atoms with Crippen molar-refractivity contribution in [2.24, 2.45) is 0 Å². The van der Waals surface area contributed by atoms with E-state index in [1.807, 2.05) is 0 Å². The van der Waals surface area contributed by atoms with E-state index >= 15 is 0 Å². The van der Waals surface area contributed by atoms with Crippen molar-refractivity contribution in [1.82, 2.24) is 5.32 Å². The maximum absolute atomic E-state index is 5.67. The van der Waals surface area contributed by atoms with Crippen LogP contribution >= 0.6 is 0 Å². The molecule has 0 aromatic heterocycles. The molecule has 0 radical (unpaired) electrons. The van der Waals surface area contributed by atoms with Crippen LogP contribution in [0.2, 0.25) is 0 Å². The van der Waals surface area contributed by atoms with E-state index in [0.717, 1.165) is 13.0 Å². The quantitative estimate of drug-likeness (QED) is 0.661. The number of hydrogen-bond acceptors (Lipinski definition) is 2. The summed E-state index contributed by atoms with van der Waals surface area (Å²) >= 11 is 0. The predicted molar refractivity (Wildman–Crippen MR) is 46.5 cm³/mol. The molecular weight excluding hydrogens is 138 g/mol. The molecule has 1 aliphatic rings. The minimum absolute atomic E-state index is 0.0492. The molecule has 1 fully saturated rings. The summed E-state index contributed by atoms with van der Waals surface area (Å²) in [6, 6.07) is 0.512. The first kappa shape index (κ1) is 9.01. The first-order valence-electron chi connectivity index (χ1n) is 4.54. The van der Waals surface area contributed by atoms with Crippen LogP contribution in [-0.4, -0.2) is 18.4 Å². The molecular formula is C9H19NO. The van der Waals surface area contributed by atoms with Crippen LogP contribution in [0.4, 0.5) is 0 Å². The second-order valence-electron chi connectivity index (χ2n) is 3.84. The Morgan fingerprint density at radius 2 is 2.09 bits per heavy atom. The van der Waals surface area contributed by atoms with E-state index in [0.29, 0.717) is 6.04 Å². The Balaban J connectivity index is 2.37. The third-order valence-electron chi connectivity index (χ3n) is 2.06. The zero-order chi connectivity index (χ0) is 8.32. The van der Waals surface area contributed by atoms with Gasteiger partial charge in [-0.1, -0.05) is 0 Å². The first-order chi connectivity index (χ1) is 5.12. The minimum Gasteiger partial charge on any atom is -0.361 e. The van der Waals surface area contributed by atoms with Gasteiger partial charge >= 0.3 is 0 Å². The van der Waals surface area contributed by atoms with Crippen LogP contribution in [-0.2, 0) is 4.74 Å². The fourth-order valence-electron chi connectivity index (χ4n) is 1.66. The van der Waals surface area contributed by atoms with E-state index in [1.165, 1.54) is 12.8 Å². The summed E-state index contributed by atoms with van der Waals surface area (Å²) in [6.45, 7) is 7.37. The summed E-state index contributed by atoms with van der Waals surface area (Å²) in [5.74, 6) is 0. The molecule has 0 aromatic rings. The largest absolute Gasteiger partial charge is 0.361 e. The van der Waals surface area contributed by atoms with Crippen LogP contribution in [0.15, 0.2) is 0 Å². The van der Waals surface area contributed by atoms with Crippen molar-refractivity contribution < 1.29 is 4.74 Å². The zero-order valence-corrected chi connectivity index (χ0v) is 7.81. The molecule has 1 atom stereocenters. The monoisotopic (exact) mass is 157 g/mol. The van der Waals surface area contributed by atoms with Crippen LogP contribution in [0.3, 0.4) is 0 Å². The molecule has 1 heterocycles. The fraction of sp³-hybridized carbons (Fsp3) is 1.00. The first-order valence-corrected chi connectivity index (χ1v) is 4.54. The van der Waals surface area contributed by atoms with Gasteiger partial charge in [0.05, 0.1) is 0 Å². The summed E-state index contributed by atoms with van der Waals surface area (Å²) in [5, 5.41) is 3.44. The molecule has 11 heavy (non-hydrogen) atoms. The molecule has 2 heteroatoms. The van der Waals surface area contributed by atoms with Crippen LogP contribution in [0.5, 0.6) is 0 Å². The third-order valence-corrected chi connectivity index (χ3v) is 2.06. The van der Waals surface area contributed by atoms with Crippen LogP contribution < -0.4 is 5.32 Å². The van der Waals surface area contributed by atoms with Crippen molar-refractivity contribution in [3.05, 3.63) is 0 Å². The molecule has 1 N–H and O–H groups in total. The minimum atomic E-state index is -0.0492. The summed E-state index contributed by atoms with van der Waals surface area (Å²) in [5.41, 5.74) is -0.0492. The summed E-state index contributed by atoms with van der Waals surface area (Å²) in [7, 11) is 0. The Bertz CT molecular complexity index is 117. The standard InChI is InChI=1S/C9H19NO/c1-8(2)10-9(3)6-4-5-7-11-9/h8,10H,4-7H2,1-3H3. The lowest BCUT2D eigenvalue weighted by Gasteiger charge is -2.36. The zero-order valence-electron chi connectivity index (χ0n) is 7.81. The number of ether oxygens (including phenoxy) is 1. The SMILES string of the molecule is CC(C)NC1(C)CCCCO1. The average Bonchev–Trinajstić information content (AvgIpc) is 1.85. The summed E-state index contributed by atoms with van der Waals surface area (Å²) in [6.07, 6.45) is 3.65. The van der Waals surface area contributed by atoms with Crippen molar-refractivity contribution in [1.29, 1.82) is 0 Å². The third kappa shape index (κ3) is 2.80. The van der Waals surface area contributed by atoms with Gasteiger partial charge in [0.2, 0.25) is 0 Å². The second-order valence-corrected chi connectivity index (χ2v) is 3.84. The summed E-state index contributed by atoms with van der Waals surface area (Å²) in [4.78, 5) is 0. The highest BCUT2D eigenvalue weighted by Crippen LogP contribution is 2.21. The Morgan fingerprint density at radius 3 is 2.55 bits per heavy atom. The highest BCUT2D eigenvalue weighted by molar-refractivity contribution is 4.77. The molecule has 1 saturated heterocycles. The molecule has 2 nitrogen and oxygen atoms in total. The average molecular weight is 157 g/mol. The maximum atomic E-state index is 5.67. The van der Waals surface area contributed by atoms with E-state index in [2.05, 4.69) is 26.1 Å². The van der Waals surface area contributed by atoms with Gasteiger partial charge in [-0.3, -0.25) is 5.32 Å². The molecule has 0 aliphatic carbocycles. The van der Waals surface area contributed by atoms with Gasteiger partial charge in [0.1, 0.15) is 5.72 Å². The van der Waals surface area contributed by atoms with Crippen molar-refractivity contribution >= 4 is 0 Å². The molecule has 1 rings (SSSR count). The molecule has 66 valence electrons. The van der Waals surface area contributed by atoms with E-state index in [9.17, 15) is 0 Å². The highest BCUT2D eigenvalue weighted by Gasteiger charge is 2.27. The predicted octanol–water partition coefficient (Wildman–Crippen LogP) is 1.90. The van der Waals surface area contributed by atoms with E-state index in [1.54, 1.807) is 0 Å². The smallest absolute Gasteiger partial charge is 0.116 e. The topological polar surface area (TPSA) is 21.3 Å². The van der Waals surface area contributed by atoms with Crippen molar-refractivity contribution in [2.75, 3.05) is 6.61 Å². The molecule has 0 aromatic carbocycles. The van der Waals surface area contributed by atoms with E-state index in [-0.39, 0.29) is 5.72 Å². The van der Waals surface area contributed by atoms with E-state index < -0.39 is 0 Å². The summed E-state index contributed by atoms with van der Waals surface area (Å²) < 4.78 is 5.67. The van der Waals surface area contributed by atoms with E-state index in [4.69, 9.17) is 4.74 Å². The number of rotatable bonds is 2.